The van der Waals surface area contributed by atoms with Crippen LogP contribution in [0.4, 0.5) is 0 Å². The molecule has 0 aromatic heterocycles. The third-order valence-electron chi connectivity index (χ3n) is 4.79. The molecule has 0 saturated heterocycles. The number of aryl methyl sites for hydroxylation is 2. The van der Waals surface area contributed by atoms with Crippen molar-refractivity contribution in [1.82, 2.24) is 0 Å². The van der Waals surface area contributed by atoms with E-state index in [2.05, 4.69) is 0 Å². The first-order chi connectivity index (χ1) is 14.5. The Morgan fingerprint density at radius 3 is 1.30 bits per heavy atom. The second kappa shape index (κ2) is 8.21. The molecule has 4 aromatic rings. The number of rotatable bonds is 4. The van der Waals surface area contributed by atoms with Crippen molar-refractivity contribution in [2.75, 3.05) is 0 Å². The Hall–Kier alpha value is -3.92. The number of esters is 2. The van der Waals surface area contributed by atoms with Gasteiger partial charge in [0.15, 0.2) is 11.5 Å². The molecule has 0 amide bonds. The van der Waals surface area contributed by atoms with Crippen molar-refractivity contribution in [3.05, 3.63) is 107 Å². The number of hydrogen-bond donors (Lipinski definition) is 0. The topological polar surface area (TPSA) is 52.6 Å². The molecular weight excluding hydrogens is 376 g/mol. The zero-order valence-electron chi connectivity index (χ0n) is 16.7. The van der Waals surface area contributed by atoms with Crippen molar-refractivity contribution in [1.29, 1.82) is 0 Å². The monoisotopic (exact) mass is 396 g/mol. The molecule has 0 radical (unpaired) electrons. The molecule has 4 rings (SSSR count). The van der Waals surface area contributed by atoms with Gasteiger partial charge in [-0.1, -0.05) is 59.7 Å². The van der Waals surface area contributed by atoms with Crippen LogP contribution in [0, 0.1) is 13.8 Å². The van der Waals surface area contributed by atoms with Crippen LogP contribution in [-0.2, 0) is 0 Å². The minimum Gasteiger partial charge on any atom is -0.419 e. The molecule has 0 heterocycles. The molecule has 0 unspecified atom stereocenters. The Kier molecular flexibility index (Phi) is 5.31. The summed E-state index contributed by atoms with van der Waals surface area (Å²) in [4.78, 5) is 25.3. The minimum atomic E-state index is -0.516. The summed E-state index contributed by atoms with van der Waals surface area (Å²) >= 11 is 0. The standard InChI is InChI=1S/C26H20O4/c1-17-7-11-19(12-8-17)25(27)29-23-15-21-5-3-4-6-22(21)16-24(23)30-26(28)20-13-9-18(2)10-14-20/h3-16H,1-2H3. The lowest BCUT2D eigenvalue weighted by Crippen LogP contribution is -2.12. The van der Waals surface area contributed by atoms with Gasteiger partial charge in [0.1, 0.15) is 0 Å². The fourth-order valence-electron chi connectivity index (χ4n) is 3.05. The van der Waals surface area contributed by atoms with Gasteiger partial charge in [-0.05, 0) is 61.0 Å². The molecule has 0 atom stereocenters. The van der Waals surface area contributed by atoms with Gasteiger partial charge in [-0.2, -0.15) is 0 Å². The number of carbonyl (C=O) groups is 2. The highest BCUT2D eigenvalue weighted by atomic mass is 16.6. The SMILES string of the molecule is Cc1ccc(C(=O)Oc2cc3ccccc3cc2OC(=O)c2ccc(C)cc2)cc1. The van der Waals surface area contributed by atoms with Gasteiger partial charge in [-0.15, -0.1) is 0 Å². The number of fused-ring (bicyclic) bond motifs is 1. The Morgan fingerprint density at radius 2 is 0.933 bits per heavy atom. The van der Waals surface area contributed by atoms with Crippen LogP contribution in [0.25, 0.3) is 10.8 Å². The highest BCUT2D eigenvalue weighted by Crippen LogP contribution is 2.34. The largest absolute Gasteiger partial charge is 0.419 e. The van der Waals surface area contributed by atoms with Crippen molar-refractivity contribution in [3.63, 3.8) is 0 Å². The van der Waals surface area contributed by atoms with E-state index in [1.54, 1.807) is 36.4 Å². The van der Waals surface area contributed by atoms with Gasteiger partial charge in [0.05, 0.1) is 11.1 Å². The molecule has 4 nitrogen and oxygen atoms in total. The van der Waals surface area contributed by atoms with Gasteiger partial charge in [0.25, 0.3) is 0 Å². The molecule has 0 aliphatic heterocycles. The number of carbonyl (C=O) groups excluding carboxylic acids is 2. The molecule has 0 aliphatic rings. The van der Waals surface area contributed by atoms with E-state index in [1.807, 2.05) is 62.4 Å². The molecule has 0 spiro atoms. The van der Waals surface area contributed by atoms with E-state index in [-0.39, 0.29) is 11.5 Å². The first-order valence-electron chi connectivity index (χ1n) is 9.60. The van der Waals surface area contributed by atoms with Crippen LogP contribution in [0.15, 0.2) is 84.9 Å². The van der Waals surface area contributed by atoms with E-state index in [4.69, 9.17) is 9.47 Å². The summed E-state index contributed by atoms with van der Waals surface area (Å²) in [5.74, 6) is -0.643. The quantitative estimate of drug-likeness (QED) is 0.319. The van der Waals surface area contributed by atoms with Crippen molar-refractivity contribution in [2.45, 2.75) is 13.8 Å². The third-order valence-corrected chi connectivity index (χ3v) is 4.79. The molecule has 148 valence electrons. The van der Waals surface area contributed by atoms with Gasteiger partial charge in [0, 0.05) is 0 Å². The summed E-state index contributed by atoms with van der Waals surface area (Å²) < 4.78 is 11.2. The molecule has 30 heavy (non-hydrogen) atoms. The van der Waals surface area contributed by atoms with E-state index < -0.39 is 11.9 Å². The maximum absolute atomic E-state index is 12.6. The molecule has 0 aliphatic carbocycles. The second-order valence-electron chi connectivity index (χ2n) is 7.16. The molecule has 0 bridgehead atoms. The molecule has 0 N–H and O–H groups in total. The maximum Gasteiger partial charge on any atom is 0.343 e. The number of hydrogen-bond acceptors (Lipinski definition) is 4. The summed E-state index contributed by atoms with van der Waals surface area (Å²) in [5.41, 5.74) is 2.93. The Labute approximate surface area is 174 Å². The highest BCUT2D eigenvalue weighted by Gasteiger charge is 2.17. The lowest BCUT2D eigenvalue weighted by atomic mass is 10.1. The zero-order chi connectivity index (χ0) is 21.1. The molecule has 4 aromatic carbocycles. The van der Waals surface area contributed by atoms with Gasteiger partial charge >= 0.3 is 11.9 Å². The van der Waals surface area contributed by atoms with Crippen molar-refractivity contribution < 1.29 is 19.1 Å². The number of benzene rings is 4. The minimum absolute atomic E-state index is 0.194. The summed E-state index contributed by atoms with van der Waals surface area (Å²) in [6, 6.07) is 25.2. The smallest absolute Gasteiger partial charge is 0.343 e. The van der Waals surface area contributed by atoms with Crippen LogP contribution in [0.1, 0.15) is 31.8 Å². The summed E-state index contributed by atoms with van der Waals surface area (Å²) in [7, 11) is 0. The van der Waals surface area contributed by atoms with Gasteiger partial charge in [-0.3, -0.25) is 0 Å². The van der Waals surface area contributed by atoms with Crippen molar-refractivity contribution >= 4 is 22.7 Å². The molecule has 0 fully saturated rings. The maximum atomic E-state index is 12.6. The Bertz CT molecular complexity index is 1120. The van der Waals surface area contributed by atoms with Gasteiger partial charge in [0.2, 0.25) is 0 Å². The van der Waals surface area contributed by atoms with E-state index >= 15 is 0 Å². The number of ether oxygens (including phenoxy) is 2. The molecule has 4 heteroatoms. The average Bonchev–Trinajstić information content (AvgIpc) is 2.75. The second-order valence-corrected chi connectivity index (χ2v) is 7.16. The first kappa shape index (κ1) is 19.4. The van der Waals surface area contributed by atoms with E-state index in [0.717, 1.165) is 21.9 Å². The summed E-state index contributed by atoms with van der Waals surface area (Å²) in [6.07, 6.45) is 0. The fourth-order valence-corrected chi connectivity index (χ4v) is 3.05. The Balaban J connectivity index is 1.68. The first-order valence-corrected chi connectivity index (χ1v) is 9.60. The zero-order valence-corrected chi connectivity index (χ0v) is 16.7. The summed E-state index contributed by atoms with van der Waals surface area (Å²) in [5, 5.41) is 1.75. The van der Waals surface area contributed by atoms with Crippen LogP contribution in [0.2, 0.25) is 0 Å². The van der Waals surface area contributed by atoms with Crippen LogP contribution in [0.5, 0.6) is 11.5 Å². The van der Waals surface area contributed by atoms with Crippen molar-refractivity contribution in [3.8, 4) is 11.5 Å². The lowest BCUT2D eigenvalue weighted by Gasteiger charge is -2.12. The van der Waals surface area contributed by atoms with E-state index in [0.29, 0.717) is 11.1 Å². The van der Waals surface area contributed by atoms with Crippen molar-refractivity contribution in [2.24, 2.45) is 0 Å². The van der Waals surface area contributed by atoms with E-state index in [1.165, 1.54) is 0 Å². The third kappa shape index (κ3) is 4.23. The van der Waals surface area contributed by atoms with Crippen LogP contribution in [0.3, 0.4) is 0 Å². The highest BCUT2D eigenvalue weighted by molar-refractivity contribution is 5.95. The average molecular weight is 396 g/mol. The van der Waals surface area contributed by atoms with Gasteiger partial charge < -0.3 is 9.47 Å². The normalized spacial score (nSPS) is 10.6. The van der Waals surface area contributed by atoms with Crippen LogP contribution < -0.4 is 9.47 Å². The van der Waals surface area contributed by atoms with Crippen LogP contribution in [-0.4, -0.2) is 11.9 Å². The predicted molar refractivity (Wildman–Crippen MR) is 116 cm³/mol. The van der Waals surface area contributed by atoms with E-state index in [9.17, 15) is 9.59 Å². The van der Waals surface area contributed by atoms with Gasteiger partial charge in [-0.25, -0.2) is 9.59 Å². The summed E-state index contributed by atoms with van der Waals surface area (Å²) in [6.45, 7) is 3.89. The fraction of sp³-hybridized carbons (Fsp3) is 0.0769. The van der Waals surface area contributed by atoms with Crippen LogP contribution >= 0.6 is 0 Å². The molecular formula is C26H20O4. The molecule has 0 saturated carbocycles. The Morgan fingerprint density at radius 1 is 0.567 bits per heavy atom. The lowest BCUT2D eigenvalue weighted by molar-refractivity contribution is 0.0683. The predicted octanol–water partition coefficient (Wildman–Crippen LogP) is 5.90.